The Bertz CT molecular complexity index is 273. The van der Waals surface area contributed by atoms with E-state index in [0.717, 1.165) is 19.3 Å². The van der Waals surface area contributed by atoms with Crippen molar-refractivity contribution in [1.29, 1.82) is 0 Å². The number of likely N-dealkylation sites (tertiary alicyclic amines) is 1. The highest BCUT2D eigenvalue weighted by atomic mass is 16.4. The Morgan fingerprint density at radius 1 is 1.41 bits per heavy atom. The van der Waals surface area contributed by atoms with E-state index in [0.29, 0.717) is 13.1 Å². The zero-order valence-electron chi connectivity index (χ0n) is 10.6. The number of carboxylic acid groups (broad SMARTS) is 1. The second-order valence-corrected chi connectivity index (χ2v) is 4.76. The summed E-state index contributed by atoms with van der Waals surface area (Å²) >= 11 is 0. The highest BCUT2D eigenvalue weighted by Crippen LogP contribution is 2.17. The second kappa shape index (κ2) is 6.59. The van der Waals surface area contributed by atoms with Crippen LogP contribution in [0, 0.1) is 5.92 Å². The van der Waals surface area contributed by atoms with Crippen molar-refractivity contribution in [2.75, 3.05) is 19.6 Å². The minimum atomic E-state index is -0.799. The predicted octanol–water partition coefficient (Wildman–Crippen LogP) is 0.698. The third-order valence-corrected chi connectivity index (χ3v) is 3.32. The van der Waals surface area contributed by atoms with Gasteiger partial charge in [-0.2, -0.15) is 0 Å². The van der Waals surface area contributed by atoms with Gasteiger partial charge in [0.2, 0.25) is 5.91 Å². The molecule has 1 heterocycles. The number of carbonyl (C=O) groups is 2. The van der Waals surface area contributed by atoms with Crippen molar-refractivity contribution in [3.8, 4) is 0 Å². The van der Waals surface area contributed by atoms with Crippen LogP contribution in [-0.4, -0.2) is 47.6 Å². The molecule has 1 aliphatic rings. The van der Waals surface area contributed by atoms with Crippen molar-refractivity contribution in [2.45, 2.75) is 39.2 Å². The van der Waals surface area contributed by atoms with Crippen LogP contribution in [-0.2, 0) is 9.59 Å². The Morgan fingerprint density at radius 3 is 2.47 bits per heavy atom. The van der Waals surface area contributed by atoms with E-state index in [2.05, 4.69) is 5.32 Å². The first-order valence-electron chi connectivity index (χ1n) is 6.27. The fraction of sp³-hybridized carbons (Fsp3) is 0.833. The molecular weight excluding hydrogens is 220 g/mol. The van der Waals surface area contributed by atoms with Crippen LogP contribution in [0.3, 0.4) is 0 Å². The molecule has 0 radical (unpaired) electrons. The summed E-state index contributed by atoms with van der Waals surface area (Å²) in [5, 5.41) is 11.7. The zero-order chi connectivity index (χ0) is 12.8. The molecule has 1 aliphatic heterocycles. The van der Waals surface area contributed by atoms with Crippen molar-refractivity contribution >= 4 is 11.9 Å². The molecule has 5 heteroatoms. The molecule has 5 nitrogen and oxygen atoms in total. The van der Waals surface area contributed by atoms with Gasteiger partial charge in [0.25, 0.3) is 0 Å². The van der Waals surface area contributed by atoms with Crippen molar-refractivity contribution in [3.63, 3.8) is 0 Å². The molecule has 1 atom stereocenters. The molecule has 0 aromatic heterocycles. The van der Waals surface area contributed by atoms with Gasteiger partial charge in [-0.15, -0.1) is 0 Å². The van der Waals surface area contributed by atoms with Crippen molar-refractivity contribution in [2.24, 2.45) is 5.92 Å². The first-order chi connectivity index (χ1) is 8.02. The number of aliphatic carboxylic acids is 1. The fourth-order valence-electron chi connectivity index (χ4n) is 2.01. The summed E-state index contributed by atoms with van der Waals surface area (Å²) in [5.41, 5.74) is 0. The van der Waals surface area contributed by atoms with Gasteiger partial charge in [0.05, 0.1) is 6.54 Å². The molecule has 0 spiro atoms. The highest BCUT2D eigenvalue weighted by molar-refractivity contribution is 5.79. The predicted molar refractivity (Wildman–Crippen MR) is 64.7 cm³/mol. The number of amides is 1. The number of rotatable bonds is 5. The molecular formula is C12H22N2O3. The lowest BCUT2D eigenvalue weighted by molar-refractivity contribution is -0.138. The number of hydrogen-bond donors (Lipinski definition) is 2. The van der Waals surface area contributed by atoms with E-state index in [1.165, 1.54) is 0 Å². The largest absolute Gasteiger partial charge is 0.480 e. The van der Waals surface area contributed by atoms with E-state index < -0.39 is 5.97 Å². The van der Waals surface area contributed by atoms with Crippen LogP contribution in [0.15, 0.2) is 0 Å². The molecule has 1 saturated heterocycles. The van der Waals surface area contributed by atoms with Gasteiger partial charge in [0.1, 0.15) is 0 Å². The third kappa shape index (κ3) is 4.73. The van der Waals surface area contributed by atoms with Gasteiger partial charge in [-0.1, -0.05) is 6.92 Å². The Kier molecular flexibility index (Phi) is 5.41. The van der Waals surface area contributed by atoms with Crippen LogP contribution < -0.4 is 5.32 Å². The molecule has 1 unspecified atom stereocenters. The molecule has 0 aliphatic carbocycles. The molecule has 1 fully saturated rings. The zero-order valence-corrected chi connectivity index (χ0v) is 10.6. The van der Waals surface area contributed by atoms with Gasteiger partial charge in [-0.25, -0.2) is 0 Å². The summed E-state index contributed by atoms with van der Waals surface area (Å²) in [6, 6.07) is 0.222. The lowest BCUT2D eigenvalue weighted by atomic mass is 9.95. The first kappa shape index (κ1) is 14.0. The molecule has 0 bridgehead atoms. The van der Waals surface area contributed by atoms with E-state index in [-0.39, 0.29) is 24.4 Å². The maximum Gasteiger partial charge on any atom is 0.317 e. The first-order valence-corrected chi connectivity index (χ1v) is 6.27. The molecule has 1 rings (SSSR count). The normalized spacial score (nSPS) is 19.9. The average Bonchev–Trinajstić information content (AvgIpc) is 2.28. The van der Waals surface area contributed by atoms with Gasteiger partial charge < -0.3 is 10.4 Å². The van der Waals surface area contributed by atoms with Gasteiger partial charge >= 0.3 is 5.97 Å². The Labute approximate surface area is 102 Å². The van der Waals surface area contributed by atoms with E-state index in [9.17, 15) is 9.59 Å². The van der Waals surface area contributed by atoms with E-state index >= 15 is 0 Å². The molecule has 0 aromatic carbocycles. The quantitative estimate of drug-likeness (QED) is 0.744. The smallest absolute Gasteiger partial charge is 0.317 e. The molecule has 0 saturated carbocycles. The van der Waals surface area contributed by atoms with Gasteiger partial charge in [-0.05, 0) is 39.3 Å². The van der Waals surface area contributed by atoms with Crippen LogP contribution >= 0.6 is 0 Å². The van der Waals surface area contributed by atoms with E-state index in [4.69, 9.17) is 5.11 Å². The summed E-state index contributed by atoms with van der Waals surface area (Å²) in [6.07, 6.45) is 2.45. The van der Waals surface area contributed by atoms with Gasteiger partial charge in [0.15, 0.2) is 0 Å². The Balaban J connectivity index is 2.31. The Hall–Kier alpha value is -1.10. The standard InChI is InChI=1S/C12H22N2O3/c1-3-9(2)13-12(17)10-4-6-14(7-5-10)8-11(15)16/h9-10H,3-8H2,1-2H3,(H,13,17)(H,15,16). The SMILES string of the molecule is CCC(C)NC(=O)C1CCN(CC(=O)O)CC1. The minimum absolute atomic E-state index is 0.0500. The van der Waals surface area contributed by atoms with Crippen LogP contribution in [0.4, 0.5) is 0 Å². The molecule has 17 heavy (non-hydrogen) atoms. The van der Waals surface area contributed by atoms with Crippen LogP contribution in [0.5, 0.6) is 0 Å². The van der Waals surface area contributed by atoms with E-state index in [1.54, 1.807) is 0 Å². The lowest BCUT2D eigenvalue weighted by Crippen LogP contribution is -2.44. The Morgan fingerprint density at radius 2 is 2.00 bits per heavy atom. The van der Waals surface area contributed by atoms with Gasteiger partial charge in [-0.3, -0.25) is 14.5 Å². The molecule has 0 aromatic rings. The van der Waals surface area contributed by atoms with Crippen molar-refractivity contribution in [3.05, 3.63) is 0 Å². The average molecular weight is 242 g/mol. The maximum absolute atomic E-state index is 11.9. The number of nitrogens with zero attached hydrogens (tertiary/aromatic N) is 1. The van der Waals surface area contributed by atoms with Crippen LogP contribution in [0.2, 0.25) is 0 Å². The summed E-state index contributed by atoms with van der Waals surface area (Å²) in [5.74, 6) is -0.629. The molecule has 98 valence electrons. The van der Waals surface area contributed by atoms with Crippen molar-refractivity contribution < 1.29 is 14.7 Å². The molecule has 1 amide bonds. The minimum Gasteiger partial charge on any atom is -0.480 e. The number of carboxylic acids is 1. The highest BCUT2D eigenvalue weighted by Gasteiger charge is 2.26. The third-order valence-electron chi connectivity index (χ3n) is 3.32. The number of piperidine rings is 1. The monoisotopic (exact) mass is 242 g/mol. The van der Waals surface area contributed by atoms with Crippen molar-refractivity contribution in [1.82, 2.24) is 10.2 Å². The van der Waals surface area contributed by atoms with Crippen LogP contribution in [0.1, 0.15) is 33.1 Å². The summed E-state index contributed by atoms with van der Waals surface area (Å²) in [7, 11) is 0. The number of hydrogen-bond acceptors (Lipinski definition) is 3. The number of carbonyl (C=O) groups excluding carboxylic acids is 1. The topological polar surface area (TPSA) is 69.6 Å². The molecule has 2 N–H and O–H groups in total. The van der Waals surface area contributed by atoms with E-state index in [1.807, 2.05) is 18.7 Å². The fourth-order valence-corrected chi connectivity index (χ4v) is 2.01. The number of nitrogens with one attached hydrogen (secondary N) is 1. The van der Waals surface area contributed by atoms with Gasteiger partial charge in [0, 0.05) is 12.0 Å². The lowest BCUT2D eigenvalue weighted by Gasteiger charge is -2.30. The summed E-state index contributed by atoms with van der Waals surface area (Å²) in [6.45, 7) is 5.52. The summed E-state index contributed by atoms with van der Waals surface area (Å²) < 4.78 is 0. The summed E-state index contributed by atoms with van der Waals surface area (Å²) in [4.78, 5) is 24.3. The second-order valence-electron chi connectivity index (χ2n) is 4.76. The van der Waals surface area contributed by atoms with Crippen LogP contribution in [0.25, 0.3) is 0 Å². The maximum atomic E-state index is 11.9.